The maximum absolute atomic E-state index is 12.5. The summed E-state index contributed by atoms with van der Waals surface area (Å²) in [5.74, 6) is -1.19. The fourth-order valence-electron chi connectivity index (χ4n) is 3.02. The predicted molar refractivity (Wildman–Crippen MR) is 127 cm³/mol. The Balaban J connectivity index is 1.80. The molecule has 0 aliphatic heterocycles. The largest absolute Gasteiger partial charge is 0.493 e. The highest BCUT2D eigenvalue weighted by molar-refractivity contribution is 7.20. The third-order valence-corrected chi connectivity index (χ3v) is 5.72. The van der Waals surface area contributed by atoms with Crippen molar-refractivity contribution in [3.8, 4) is 27.7 Å². The normalized spacial score (nSPS) is 10.6. The lowest BCUT2D eigenvalue weighted by Gasteiger charge is -2.12. The first-order chi connectivity index (χ1) is 15.9. The molecule has 0 atom stereocenters. The van der Waals surface area contributed by atoms with Crippen LogP contribution in [0.4, 0.5) is 5.00 Å². The van der Waals surface area contributed by atoms with Gasteiger partial charge in [-0.3, -0.25) is 14.4 Å². The average molecular weight is 467 g/mol. The van der Waals surface area contributed by atoms with Gasteiger partial charge in [-0.05, 0) is 35.4 Å². The molecular formula is C24H22N2O6S. The summed E-state index contributed by atoms with van der Waals surface area (Å²) in [7, 11) is 4.44. The molecule has 0 saturated heterocycles. The number of nitrogens with two attached hydrogens (primary N) is 1. The van der Waals surface area contributed by atoms with Crippen LogP contribution in [0.25, 0.3) is 16.5 Å². The summed E-state index contributed by atoms with van der Waals surface area (Å²) in [6.45, 7) is 0. The number of anilines is 1. The predicted octanol–water partition coefficient (Wildman–Crippen LogP) is 3.76. The lowest BCUT2D eigenvalue weighted by atomic mass is 10.1. The van der Waals surface area contributed by atoms with Gasteiger partial charge >= 0.3 is 0 Å². The van der Waals surface area contributed by atoms with Crippen LogP contribution in [0.15, 0.2) is 54.6 Å². The van der Waals surface area contributed by atoms with E-state index >= 15 is 0 Å². The minimum Gasteiger partial charge on any atom is -0.493 e. The number of ketones is 1. The number of nitrogens with one attached hydrogen (secondary N) is 1. The van der Waals surface area contributed by atoms with Crippen molar-refractivity contribution < 1.29 is 28.6 Å². The molecule has 33 heavy (non-hydrogen) atoms. The zero-order chi connectivity index (χ0) is 24.0. The van der Waals surface area contributed by atoms with E-state index in [2.05, 4.69) is 5.32 Å². The Morgan fingerprint density at radius 3 is 2.12 bits per heavy atom. The second kappa shape index (κ2) is 10.5. The average Bonchev–Trinajstić information content (AvgIpc) is 3.26. The molecule has 0 radical (unpaired) electrons. The molecule has 0 aliphatic rings. The van der Waals surface area contributed by atoms with Gasteiger partial charge < -0.3 is 25.3 Å². The molecule has 8 nitrogen and oxygen atoms in total. The molecule has 2 aromatic carbocycles. The highest BCUT2D eigenvalue weighted by atomic mass is 32.1. The Labute approximate surface area is 194 Å². The quantitative estimate of drug-likeness (QED) is 0.366. The van der Waals surface area contributed by atoms with Crippen LogP contribution in [0.5, 0.6) is 17.2 Å². The van der Waals surface area contributed by atoms with Crippen molar-refractivity contribution in [2.24, 2.45) is 5.73 Å². The van der Waals surface area contributed by atoms with Crippen molar-refractivity contribution in [3.63, 3.8) is 0 Å². The molecule has 3 aromatic rings. The van der Waals surface area contributed by atoms with Crippen LogP contribution in [0, 0.1) is 0 Å². The van der Waals surface area contributed by atoms with Crippen LogP contribution >= 0.6 is 11.3 Å². The van der Waals surface area contributed by atoms with E-state index in [9.17, 15) is 14.4 Å². The number of benzene rings is 2. The first-order valence-corrected chi connectivity index (χ1v) is 10.5. The summed E-state index contributed by atoms with van der Waals surface area (Å²) in [5, 5.41) is 2.70. The third kappa shape index (κ3) is 5.39. The summed E-state index contributed by atoms with van der Waals surface area (Å²) in [6, 6.07) is 14.2. The molecule has 0 fully saturated rings. The minimum atomic E-state index is -0.900. The SMILES string of the molecule is COc1cc(/C=C/C(=O)C(=O)Nc2sc(-c3ccccc3)cc2C(N)=O)cc(OC)c1OC. The molecule has 0 aliphatic carbocycles. The van der Waals surface area contributed by atoms with E-state index in [1.54, 1.807) is 18.2 Å². The maximum Gasteiger partial charge on any atom is 0.296 e. The Morgan fingerprint density at radius 2 is 1.58 bits per heavy atom. The number of hydrogen-bond acceptors (Lipinski definition) is 7. The number of hydrogen-bond donors (Lipinski definition) is 2. The van der Waals surface area contributed by atoms with Crippen molar-refractivity contribution >= 4 is 40.0 Å². The van der Waals surface area contributed by atoms with Crippen LogP contribution in [0.3, 0.4) is 0 Å². The standard InChI is InChI=1S/C24H22N2O6S/c1-30-18-11-14(12-19(31-2)21(18)32-3)9-10-17(27)23(29)26-24-16(22(25)28)13-20(33-24)15-7-5-4-6-8-15/h4-13H,1-3H3,(H2,25,28)(H,26,29)/b10-9+. The highest BCUT2D eigenvalue weighted by Crippen LogP contribution is 2.38. The smallest absolute Gasteiger partial charge is 0.296 e. The topological polar surface area (TPSA) is 117 Å². The first kappa shape index (κ1) is 23.6. The summed E-state index contributed by atoms with van der Waals surface area (Å²) in [6.07, 6.45) is 2.57. The fraction of sp³-hybridized carbons (Fsp3) is 0.125. The van der Waals surface area contributed by atoms with Gasteiger partial charge in [0.2, 0.25) is 11.5 Å². The summed E-state index contributed by atoms with van der Waals surface area (Å²) in [5.41, 5.74) is 7.01. The monoisotopic (exact) mass is 466 g/mol. The lowest BCUT2D eigenvalue weighted by Crippen LogP contribution is -2.22. The molecule has 0 saturated carbocycles. The number of rotatable bonds is 9. The molecule has 2 amide bonds. The Bertz CT molecular complexity index is 1190. The zero-order valence-corrected chi connectivity index (χ0v) is 19.0. The van der Waals surface area contributed by atoms with Gasteiger partial charge in [0.05, 0.1) is 26.9 Å². The Hall–Kier alpha value is -4.11. The first-order valence-electron chi connectivity index (χ1n) is 9.70. The number of methoxy groups -OCH3 is 3. The molecule has 0 unspecified atom stereocenters. The number of thiophene rings is 1. The number of carbonyl (C=O) groups excluding carboxylic acids is 3. The van der Waals surface area contributed by atoms with E-state index in [4.69, 9.17) is 19.9 Å². The van der Waals surface area contributed by atoms with E-state index in [1.165, 1.54) is 27.4 Å². The second-order valence-electron chi connectivity index (χ2n) is 6.69. The van der Waals surface area contributed by atoms with Crippen molar-refractivity contribution in [1.82, 2.24) is 0 Å². The van der Waals surface area contributed by atoms with Gasteiger partial charge in [0, 0.05) is 4.88 Å². The van der Waals surface area contributed by atoms with Gasteiger partial charge in [0.15, 0.2) is 11.5 Å². The van der Waals surface area contributed by atoms with E-state index in [0.29, 0.717) is 22.8 Å². The lowest BCUT2D eigenvalue weighted by molar-refractivity contribution is -0.131. The molecule has 1 heterocycles. The molecule has 3 rings (SSSR count). The van der Waals surface area contributed by atoms with Crippen LogP contribution in [0.2, 0.25) is 0 Å². The second-order valence-corrected chi connectivity index (χ2v) is 7.75. The van der Waals surface area contributed by atoms with Gasteiger partial charge in [-0.2, -0.15) is 0 Å². The molecule has 0 bridgehead atoms. The minimum absolute atomic E-state index is 0.133. The number of ether oxygens (including phenoxy) is 3. The number of primary amides is 1. The van der Waals surface area contributed by atoms with E-state index in [1.807, 2.05) is 30.3 Å². The van der Waals surface area contributed by atoms with Crippen LogP contribution < -0.4 is 25.3 Å². The van der Waals surface area contributed by atoms with Crippen LogP contribution in [-0.4, -0.2) is 38.9 Å². The Morgan fingerprint density at radius 1 is 0.939 bits per heavy atom. The molecule has 1 aromatic heterocycles. The maximum atomic E-state index is 12.5. The van der Waals surface area contributed by atoms with Gasteiger partial charge in [-0.25, -0.2) is 0 Å². The van der Waals surface area contributed by atoms with Crippen LogP contribution in [-0.2, 0) is 9.59 Å². The number of amides is 2. The van der Waals surface area contributed by atoms with Crippen molar-refractivity contribution in [1.29, 1.82) is 0 Å². The van der Waals surface area contributed by atoms with E-state index in [-0.39, 0.29) is 10.6 Å². The van der Waals surface area contributed by atoms with Crippen molar-refractivity contribution in [2.45, 2.75) is 0 Å². The molecule has 0 spiro atoms. The van der Waals surface area contributed by atoms with Crippen LogP contribution in [0.1, 0.15) is 15.9 Å². The van der Waals surface area contributed by atoms with E-state index in [0.717, 1.165) is 27.9 Å². The van der Waals surface area contributed by atoms with Gasteiger partial charge in [-0.1, -0.05) is 36.4 Å². The van der Waals surface area contributed by atoms with Gasteiger partial charge in [0.25, 0.3) is 11.8 Å². The number of carbonyl (C=O) groups is 3. The van der Waals surface area contributed by atoms with Gasteiger partial charge in [0.1, 0.15) is 5.00 Å². The van der Waals surface area contributed by atoms with Gasteiger partial charge in [-0.15, -0.1) is 11.3 Å². The summed E-state index contributed by atoms with van der Waals surface area (Å²) < 4.78 is 15.8. The zero-order valence-electron chi connectivity index (χ0n) is 18.2. The Kier molecular flexibility index (Phi) is 7.47. The van der Waals surface area contributed by atoms with Crippen molar-refractivity contribution in [3.05, 3.63) is 65.7 Å². The summed E-state index contributed by atoms with van der Waals surface area (Å²) >= 11 is 1.16. The molecular weight excluding hydrogens is 444 g/mol. The molecule has 9 heteroatoms. The van der Waals surface area contributed by atoms with E-state index < -0.39 is 17.6 Å². The fourth-order valence-corrected chi connectivity index (χ4v) is 4.09. The molecule has 170 valence electrons. The summed E-state index contributed by atoms with van der Waals surface area (Å²) in [4.78, 5) is 37.5. The van der Waals surface area contributed by atoms with Crippen molar-refractivity contribution in [2.75, 3.05) is 26.6 Å². The highest BCUT2D eigenvalue weighted by Gasteiger charge is 2.19. The molecule has 3 N–H and O–H groups in total. The third-order valence-electron chi connectivity index (χ3n) is 4.62.